The van der Waals surface area contributed by atoms with Crippen molar-refractivity contribution in [2.75, 3.05) is 7.11 Å². The van der Waals surface area contributed by atoms with Crippen LogP contribution in [0.2, 0.25) is 0 Å². The van der Waals surface area contributed by atoms with E-state index in [0.29, 0.717) is 6.61 Å². The summed E-state index contributed by atoms with van der Waals surface area (Å²) in [4.78, 5) is 0. The van der Waals surface area contributed by atoms with Crippen LogP contribution < -0.4 is 0 Å². The molecule has 2 rings (SSSR count). The van der Waals surface area contributed by atoms with Gasteiger partial charge in [-0.3, -0.25) is 0 Å². The molecule has 1 aliphatic rings. The first-order valence-corrected chi connectivity index (χ1v) is 6.33. The Morgan fingerprint density at radius 2 is 1.84 bits per heavy atom. The highest BCUT2D eigenvalue weighted by atomic mass is 16.7. The fourth-order valence-electron chi connectivity index (χ4n) is 2.20. The Labute approximate surface area is 112 Å². The Balaban J connectivity index is 1.96. The number of hydrogen-bond donors (Lipinski definition) is 2. The van der Waals surface area contributed by atoms with Crippen molar-refractivity contribution in [1.82, 2.24) is 0 Å². The Kier molecular flexibility index (Phi) is 4.90. The van der Waals surface area contributed by atoms with Gasteiger partial charge in [-0.2, -0.15) is 0 Å². The Morgan fingerprint density at radius 1 is 1.16 bits per heavy atom. The van der Waals surface area contributed by atoms with Crippen molar-refractivity contribution < 1.29 is 24.4 Å². The lowest BCUT2D eigenvalue weighted by atomic mass is 9.99. The van der Waals surface area contributed by atoms with E-state index in [9.17, 15) is 10.2 Å². The van der Waals surface area contributed by atoms with Crippen LogP contribution in [-0.2, 0) is 20.8 Å². The molecule has 106 valence electrons. The summed E-state index contributed by atoms with van der Waals surface area (Å²) < 4.78 is 16.1. The van der Waals surface area contributed by atoms with Crippen molar-refractivity contribution in [3.8, 4) is 0 Å². The number of aliphatic hydroxyl groups is 2. The smallest absolute Gasteiger partial charge is 0.186 e. The second-order valence-electron chi connectivity index (χ2n) is 4.69. The monoisotopic (exact) mass is 268 g/mol. The third-order valence-corrected chi connectivity index (χ3v) is 3.29. The number of benzene rings is 1. The van der Waals surface area contributed by atoms with Gasteiger partial charge in [-0.15, -0.1) is 0 Å². The molecule has 0 aliphatic carbocycles. The van der Waals surface area contributed by atoms with Gasteiger partial charge in [0.15, 0.2) is 6.29 Å². The zero-order valence-electron chi connectivity index (χ0n) is 11.1. The normalized spacial score (nSPS) is 35.3. The minimum Gasteiger partial charge on any atom is -0.387 e. The molecule has 5 unspecified atom stereocenters. The van der Waals surface area contributed by atoms with E-state index in [2.05, 4.69) is 0 Å². The Morgan fingerprint density at radius 3 is 2.47 bits per heavy atom. The third kappa shape index (κ3) is 3.32. The number of rotatable bonds is 4. The molecule has 0 spiro atoms. The number of hydrogen-bond acceptors (Lipinski definition) is 5. The van der Waals surface area contributed by atoms with E-state index in [0.717, 1.165) is 5.56 Å². The van der Waals surface area contributed by atoms with Crippen LogP contribution in [-0.4, -0.2) is 48.0 Å². The molecule has 1 heterocycles. The molecule has 5 nitrogen and oxygen atoms in total. The number of aliphatic hydroxyl groups excluding tert-OH is 2. The van der Waals surface area contributed by atoms with Gasteiger partial charge in [0.2, 0.25) is 0 Å². The molecule has 1 aliphatic heterocycles. The zero-order valence-corrected chi connectivity index (χ0v) is 11.1. The average molecular weight is 268 g/mol. The van der Waals surface area contributed by atoms with E-state index < -0.39 is 24.6 Å². The second-order valence-corrected chi connectivity index (χ2v) is 4.69. The first-order chi connectivity index (χ1) is 9.13. The van der Waals surface area contributed by atoms with Crippen molar-refractivity contribution in [1.29, 1.82) is 0 Å². The van der Waals surface area contributed by atoms with Crippen molar-refractivity contribution in [3.63, 3.8) is 0 Å². The summed E-state index contributed by atoms with van der Waals surface area (Å²) >= 11 is 0. The first-order valence-electron chi connectivity index (χ1n) is 6.33. The zero-order chi connectivity index (χ0) is 13.8. The maximum atomic E-state index is 10.1. The summed E-state index contributed by atoms with van der Waals surface area (Å²) in [7, 11) is 1.43. The van der Waals surface area contributed by atoms with E-state index in [4.69, 9.17) is 14.2 Å². The van der Waals surface area contributed by atoms with Gasteiger partial charge >= 0.3 is 0 Å². The van der Waals surface area contributed by atoms with Gasteiger partial charge in [0.05, 0.1) is 12.7 Å². The topological polar surface area (TPSA) is 68.2 Å². The predicted molar refractivity (Wildman–Crippen MR) is 68.4 cm³/mol. The molecule has 0 amide bonds. The Hall–Kier alpha value is -0.980. The molecule has 0 radical (unpaired) electrons. The van der Waals surface area contributed by atoms with E-state index in [1.165, 1.54) is 7.11 Å². The van der Waals surface area contributed by atoms with Gasteiger partial charge in [0.25, 0.3) is 0 Å². The molecule has 0 bridgehead atoms. The average Bonchev–Trinajstić information content (AvgIpc) is 2.44. The molecule has 0 aromatic heterocycles. The van der Waals surface area contributed by atoms with Gasteiger partial charge in [-0.1, -0.05) is 30.3 Å². The minimum atomic E-state index is -1.11. The van der Waals surface area contributed by atoms with Crippen LogP contribution in [0.25, 0.3) is 0 Å². The molecule has 1 aromatic carbocycles. The number of ether oxygens (including phenoxy) is 3. The third-order valence-electron chi connectivity index (χ3n) is 3.29. The van der Waals surface area contributed by atoms with Crippen molar-refractivity contribution in [2.45, 2.75) is 44.2 Å². The fraction of sp³-hybridized carbons (Fsp3) is 0.571. The van der Waals surface area contributed by atoms with E-state index in [1.807, 2.05) is 30.3 Å². The fourth-order valence-corrected chi connectivity index (χ4v) is 2.20. The highest BCUT2D eigenvalue weighted by Gasteiger charge is 2.43. The molecule has 0 saturated carbocycles. The highest BCUT2D eigenvalue weighted by molar-refractivity contribution is 5.13. The maximum Gasteiger partial charge on any atom is 0.186 e. The van der Waals surface area contributed by atoms with E-state index in [1.54, 1.807) is 6.92 Å². The molecular weight excluding hydrogens is 248 g/mol. The summed E-state index contributed by atoms with van der Waals surface area (Å²) in [6, 6.07) is 9.65. The summed E-state index contributed by atoms with van der Waals surface area (Å²) in [6.07, 6.45) is -3.89. The quantitative estimate of drug-likeness (QED) is 0.840. The highest BCUT2D eigenvalue weighted by Crippen LogP contribution is 2.24. The molecule has 5 heteroatoms. The van der Waals surface area contributed by atoms with Crippen LogP contribution in [0.4, 0.5) is 0 Å². The standard InChI is InChI=1S/C14H20O5/c1-9-13(11(15)12(16)14(17-2)19-9)18-8-10-6-4-3-5-7-10/h3-7,9,11-16H,8H2,1-2H3. The molecule has 2 N–H and O–H groups in total. The number of methoxy groups -OCH3 is 1. The Bertz CT molecular complexity index is 383. The molecular formula is C14H20O5. The molecule has 1 aromatic rings. The lowest BCUT2D eigenvalue weighted by Gasteiger charge is -2.40. The maximum absolute atomic E-state index is 10.1. The van der Waals surface area contributed by atoms with Gasteiger partial charge in [0, 0.05) is 7.11 Å². The van der Waals surface area contributed by atoms with Gasteiger partial charge < -0.3 is 24.4 Å². The van der Waals surface area contributed by atoms with Gasteiger partial charge in [0.1, 0.15) is 18.3 Å². The summed E-state index contributed by atoms with van der Waals surface area (Å²) in [6.45, 7) is 2.15. The van der Waals surface area contributed by atoms with Crippen LogP contribution >= 0.6 is 0 Å². The van der Waals surface area contributed by atoms with Crippen molar-refractivity contribution >= 4 is 0 Å². The molecule has 1 fully saturated rings. The molecule has 19 heavy (non-hydrogen) atoms. The van der Waals surface area contributed by atoms with Gasteiger partial charge in [-0.05, 0) is 12.5 Å². The van der Waals surface area contributed by atoms with Crippen LogP contribution in [0.3, 0.4) is 0 Å². The van der Waals surface area contributed by atoms with E-state index >= 15 is 0 Å². The van der Waals surface area contributed by atoms with Crippen LogP contribution in [0.15, 0.2) is 30.3 Å². The van der Waals surface area contributed by atoms with Crippen LogP contribution in [0, 0.1) is 0 Å². The SMILES string of the molecule is COC1OC(C)C(OCc2ccccc2)C(O)C1O. The molecule has 1 saturated heterocycles. The largest absolute Gasteiger partial charge is 0.387 e. The van der Waals surface area contributed by atoms with E-state index in [-0.39, 0.29) is 6.10 Å². The van der Waals surface area contributed by atoms with Crippen LogP contribution in [0.1, 0.15) is 12.5 Å². The van der Waals surface area contributed by atoms with Crippen molar-refractivity contribution in [2.24, 2.45) is 0 Å². The lowest BCUT2D eigenvalue weighted by molar-refractivity contribution is -0.294. The van der Waals surface area contributed by atoms with Gasteiger partial charge in [-0.25, -0.2) is 0 Å². The van der Waals surface area contributed by atoms with Crippen molar-refractivity contribution in [3.05, 3.63) is 35.9 Å². The van der Waals surface area contributed by atoms with Crippen LogP contribution in [0.5, 0.6) is 0 Å². The first kappa shape index (κ1) is 14.4. The lowest BCUT2D eigenvalue weighted by Crippen LogP contribution is -2.57. The summed E-state index contributed by atoms with van der Waals surface area (Å²) in [5, 5.41) is 19.9. The minimum absolute atomic E-state index is 0.355. The molecule has 5 atom stereocenters. The summed E-state index contributed by atoms with van der Waals surface area (Å²) in [5.74, 6) is 0. The predicted octanol–water partition coefficient (Wildman–Crippen LogP) is 0.685. The second kappa shape index (κ2) is 6.45. The summed E-state index contributed by atoms with van der Waals surface area (Å²) in [5.41, 5.74) is 1.00.